The topological polar surface area (TPSA) is 79.8 Å². The van der Waals surface area contributed by atoms with Crippen LogP contribution in [0.15, 0.2) is 102 Å². The van der Waals surface area contributed by atoms with E-state index in [0.717, 1.165) is 16.3 Å². The highest BCUT2D eigenvalue weighted by Gasteiger charge is 2.13. The van der Waals surface area contributed by atoms with Crippen LogP contribution in [0.1, 0.15) is 5.56 Å². The van der Waals surface area contributed by atoms with Crippen molar-refractivity contribution in [3.8, 4) is 11.5 Å². The van der Waals surface area contributed by atoms with E-state index < -0.39 is 11.8 Å². The number of rotatable bonds is 5. The molecule has 4 aromatic carbocycles. The molecule has 0 spiro atoms. The molecule has 0 aliphatic rings. The van der Waals surface area contributed by atoms with Crippen molar-refractivity contribution in [2.45, 2.75) is 0 Å². The number of carbonyl (C=O) groups is 2. The average Bonchev–Trinajstić information content (AvgIpc) is 2.81. The minimum absolute atomic E-state index is 0.471. The first-order valence-corrected chi connectivity index (χ1v) is 9.64. The number of para-hydroxylation sites is 1. The minimum Gasteiger partial charge on any atom is -0.457 e. The van der Waals surface area contributed by atoms with Gasteiger partial charge in [0.25, 0.3) is 0 Å². The predicted octanol–water partition coefficient (Wildman–Crippen LogP) is 4.72. The van der Waals surface area contributed by atoms with Gasteiger partial charge in [-0.15, -0.1) is 0 Å². The smallest absolute Gasteiger partial charge is 0.329 e. The molecule has 0 aliphatic heterocycles. The van der Waals surface area contributed by atoms with Crippen LogP contribution < -0.4 is 15.5 Å². The summed E-state index contributed by atoms with van der Waals surface area (Å²) in [7, 11) is 0. The number of carbonyl (C=O) groups excluding carboxylic acids is 2. The van der Waals surface area contributed by atoms with Crippen LogP contribution in [-0.4, -0.2) is 18.0 Å². The van der Waals surface area contributed by atoms with Crippen molar-refractivity contribution in [2.24, 2.45) is 5.10 Å². The van der Waals surface area contributed by atoms with Gasteiger partial charge in [0.2, 0.25) is 0 Å². The molecule has 2 amide bonds. The molecule has 0 saturated heterocycles. The highest BCUT2D eigenvalue weighted by Crippen LogP contribution is 2.22. The van der Waals surface area contributed by atoms with Gasteiger partial charge in [0.15, 0.2) is 0 Å². The number of hydrogen-bond acceptors (Lipinski definition) is 4. The van der Waals surface area contributed by atoms with Crippen LogP contribution in [0, 0.1) is 0 Å². The van der Waals surface area contributed by atoms with E-state index in [0.29, 0.717) is 17.2 Å². The Morgan fingerprint density at radius 3 is 2.19 bits per heavy atom. The molecule has 4 aromatic rings. The summed E-state index contributed by atoms with van der Waals surface area (Å²) in [6.45, 7) is 0. The molecule has 0 fully saturated rings. The molecule has 152 valence electrons. The quantitative estimate of drug-likeness (QED) is 0.284. The summed E-state index contributed by atoms with van der Waals surface area (Å²) < 4.78 is 5.70. The lowest BCUT2D eigenvalue weighted by Gasteiger charge is -2.07. The second kappa shape index (κ2) is 9.37. The fourth-order valence-electron chi connectivity index (χ4n) is 2.99. The van der Waals surface area contributed by atoms with Gasteiger partial charge in [-0.2, -0.15) is 5.10 Å². The number of amides is 2. The van der Waals surface area contributed by atoms with Gasteiger partial charge >= 0.3 is 11.8 Å². The molecule has 4 rings (SSSR count). The van der Waals surface area contributed by atoms with Crippen molar-refractivity contribution in [1.82, 2.24) is 5.43 Å². The Morgan fingerprint density at radius 1 is 0.710 bits per heavy atom. The first-order chi connectivity index (χ1) is 15.2. The van der Waals surface area contributed by atoms with E-state index >= 15 is 0 Å². The third kappa shape index (κ3) is 5.13. The second-order valence-electron chi connectivity index (χ2n) is 6.66. The number of fused-ring (bicyclic) bond motifs is 1. The maximum Gasteiger partial charge on any atom is 0.329 e. The molecule has 0 aliphatic carbocycles. The summed E-state index contributed by atoms with van der Waals surface area (Å²) in [5.41, 5.74) is 3.57. The first-order valence-electron chi connectivity index (χ1n) is 9.64. The average molecular weight is 409 g/mol. The molecule has 0 saturated carbocycles. The standard InChI is InChI=1S/C25H19N3O3/c29-24(27-20-13-15-22(16-14-20)31-21-10-2-1-3-11-21)25(30)28-26-17-19-9-6-8-18-7-4-5-12-23(18)19/h1-17H,(H,27,29)(H,28,30)/b26-17-. The number of nitrogens with zero attached hydrogens (tertiary/aromatic N) is 1. The largest absolute Gasteiger partial charge is 0.457 e. The molecule has 0 bridgehead atoms. The highest BCUT2D eigenvalue weighted by atomic mass is 16.5. The zero-order chi connectivity index (χ0) is 21.5. The Labute approximate surface area is 179 Å². The number of ether oxygens (including phenoxy) is 1. The summed E-state index contributed by atoms with van der Waals surface area (Å²) in [6.07, 6.45) is 1.52. The van der Waals surface area contributed by atoms with Crippen molar-refractivity contribution in [3.63, 3.8) is 0 Å². The third-order valence-corrected chi connectivity index (χ3v) is 4.49. The fraction of sp³-hybridized carbons (Fsp3) is 0. The van der Waals surface area contributed by atoms with Gasteiger partial charge in [-0.1, -0.05) is 60.7 Å². The lowest BCUT2D eigenvalue weighted by Crippen LogP contribution is -2.32. The predicted molar refractivity (Wildman–Crippen MR) is 121 cm³/mol. The van der Waals surface area contributed by atoms with Crippen molar-refractivity contribution >= 4 is 34.5 Å². The highest BCUT2D eigenvalue weighted by molar-refractivity contribution is 6.39. The third-order valence-electron chi connectivity index (χ3n) is 4.49. The van der Waals surface area contributed by atoms with E-state index in [9.17, 15) is 9.59 Å². The molecule has 2 N–H and O–H groups in total. The Morgan fingerprint density at radius 2 is 1.39 bits per heavy atom. The van der Waals surface area contributed by atoms with Gasteiger partial charge in [-0.3, -0.25) is 9.59 Å². The van der Waals surface area contributed by atoms with Gasteiger partial charge in [0.1, 0.15) is 11.5 Å². The van der Waals surface area contributed by atoms with Crippen molar-refractivity contribution in [2.75, 3.05) is 5.32 Å². The zero-order valence-corrected chi connectivity index (χ0v) is 16.5. The summed E-state index contributed by atoms with van der Waals surface area (Å²) in [5, 5.41) is 8.51. The van der Waals surface area contributed by atoms with Gasteiger partial charge < -0.3 is 10.1 Å². The van der Waals surface area contributed by atoms with E-state index in [1.165, 1.54) is 6.21 Å². The van der Waals surface area contributed by atoms with E-state index in [1.807, 2.05) is 72.8 Å². The molecule has 0 heterocycles. The SMILES string of the molecule is O=C(N/N=C\c1cccc2ccccc12)C(=O)Nc1ccc(Oc2ccccc2)cc1. The van der Waals surface area contributed by atoms with Gasteiger partial charge in [-0.05, 0) is 47.2 Å². The Bertz CT molecular complexity index is 1230. The normalized spacial score (nSPS) is 10.7. The number of hydrazone groups is 1. The molecule has 0 aromatic heterocycles. The maximum absolute atomic E-state index is 12.1. The lowest BCUT2D eigenvalue weighted by molar-refractivity contribution is -0.136. The monoisotopic (exact) mass is 409 g/mol. The zero-order valence-electron chi connectivity index (χ0n) is 16.5. The Balaban J connectivity index is 1.33. The number of hydrogen-bond donors (Lipinski definition) is 2. The second-order valence-corrected chi connectivity index (χ2v) is 6.66. The van der Waals surface area contributed by atoms with E-state index in [1.54, 1.807) is 24.3 Å². The Hall–Kier alpha value is -4.45. The summed E-state index contributed by atoms with van der Waals surface area (Å²) in [6, 6.07) is 29.7. The van der Waals surface area contributed by atoms with Gasteiger partial charge in [0, 0.05) is 11.3 Å². The summed E-state index contributed by atoms with van der Waals surface area (Å²) in [5.74, 6) is -0.344. The van der Waals surface area contributed by atoms with E-state index in [2.05, 4.69) is 15.8 Å². The summed E-state index contributed by atoms with van der Waals surface area (Å²) in [4.78, 5) is 24.2. The van der Waals surface area contributed by atoms with Crippen molar-refractivity contribution < 1.29 is 14.3 Å². The van der Waals surface area contributed by atoms with Crippen LogP contribution in [0.25, 0.3) is 10.8 Å². The van der Waals surface area contributed by atoms with E-state index in [4.69, 9.17) is 4.74 Å². The number of benzene rings is 4. The van der Waals surface area contributed by atoms with Crippen LogP contribution in [0.3, 0.4) is 0 Å². The Kier molecular flexibility index (Phi) is 6.00. The van der Waals surface area contributed by atoms with Gasteiger partial charge in [0.05, 0.1) is 6.21 Å². The molecule has 0 radical (unpaired) electrons. The van der Waals surface area contributed by atoms with Crippen molar-refractivity contribution in [1.29, 1.82) is 0 Å². The molecular weight excluding hydrogens is 390 g/mol. The molecule has 0 unspecified atom stereocenters. The molecule has 6 nitrogen and oxygen atoms in total. The van der Waals surface area contributed by atoms with Crippen LogP contribution in [0.2, 0.25) is 0 Å². The number of anilines is 1. The van der Waals surface area contributed by atoms with Crippen LogP contribution in [0.5, 0.6) is 11.5 Å². The van der Waals surface area contributed by atoms with E-state index in [-0.39, 0.29) is 0 Å². The van der Waals surface area contributed by atoms with Crippen LogP contribution in [-0.2, 0) is 9.59 Å². The summed E-state index contributed by atoms with van der Waals surface area (Å²) >= 11 is 0. The minimum atomic E-state index is -0.860. The first kappa shape index (κ1) is 19.8. The lowest BCUT2D eigenvalue weighted by atomic mass is 10.1. The molecular formula is C25H19N3O3. The van der Waals surface area contributed by atoms with Gasteiger partial charge in [-0.25, -0.2) is 5.43 Å². The molecule has 0 atom stereocenters. The van der Waals surface area contributed by atoms with Crippen LogP contribution >= 0.6 is 0 Å². The van der Waals surface area contributed by atoms with Crippen molar-refractivity contribution in [3.05, 3.63) is 103 Å². The fourth-order valence-corrected chi connectivity index (χ4v) is 2.99. The maximum atomic E-state index is 12.1. The molecule has 31 heavy (non-hydrogen) atoms. The molecule has 6 heteroatoms. The number of nitrogens with one attached hydrogen (secondary N) is 2. The van der Waals surface area contributed by atoms with Crippen LogP contribution in [0.4, 0.5) is 5.69 Å².